The van der Waals surface area contributed by atoms with Crippen LogP contribution in [0.2, 0.25) is 0 Å². The molecule has 1 aliphatic rings. The molecule has 1 fully saturated rings. The molecule has 4 rings (SSSR count). The van der Waals surface area contributed by atoms with Gasteiger partial charge in [-0.2, -0.15) is 0 Å². The topological polar surface area (TPSA) is 45.2 Å². The molecule has 1 N–H and O–H groups in total. The quantitative estimate of drug-likeness (QED) is 0.712. The monoisotopic (exact) mass is 373 g/mol. The SMILES string of the molecule is O=C(NC[C@H](c1ccccc1)N1CCCCCC1)c1ccnc2ccccc12. The number of likely N-dealkylation sites (tertiary alicyclic amines) is 1. The van der Waals surface area contributed by atoms with E-state index in [1.54, 1.807) is 12.3 Å². The van der Waals surface area contributed by atoms with Crippen LogP contribution in [0.3, 0.4) is 0 Å². The van der Waals surface area contributed by atoms with Gasteiger partial charge < -0.3 is 5.32 Å². The number of hydrogen-bond donors (Lipinski definition) is 1. The molecule has 0 saturated carbocycles. The Balaban J connectivity index is 1.54. The van der Waals surface area contributed by atoms with Crippen LogP contribution in [0, 0.1) is 0 Å². The second-order valence-corrected chi connectivity index (χ2v) is 7.46. The molecule has 4 heteroatoms. The Hall–Kier alpha value is -2.72. The molecule has 1 amide bonds. The zero-order valence-electron chi connectivity index (χ0n) is 16.2. The van der Waals surface area contributed by atoms with Crippen LogP contribution >= 0.6 is 0 Å². The molecule has 28 heavy (non-hydrogen) atoms. The standard InChI is InChI=1S/C24H27N3O/c28-24(21-14-15-25-22-13-7-6-12-20(21)22)26-18-23(19-10-4-3-5-11-19)27-16-8-1-2-9-17-27/h3-7,10-15,23H,1-2,8-9,16-18H2,(H,26,28)/t23-/m1/s1. The van der Waals surface area contributed by atoms with Crippen LogP contribution in [-0.2, 0) is 0 Å². The molecule has 0 aliphatic carbocycles. The van der Waals surface area contributed by atoms with Crippen molar-refractivity contribution in [3.05, 3.63) is 78.0 Å². The fourth-order valence-corrected chi connectivity index (χ4v) is 4.12. The smallest absolute Gasteiger partial charge is 0.252 e. The summed E-state index contributed by atoms with van der Waals surface area (Å²) in [7, 11) is 0. The lowest BCUT2D eigenvalue weighted by Crippen LogP contribution is -2.38. The summed E-state index contributed by atoms with van der Waals surface area (Å²) in [4.78, 5) is 19.9. The molecule has 1 atom stereocenters. The molecule has 144 valence electrons. The summed E-state index contributed by atoms with van der Waals surface area (Å²) in [5.41, 5.74) is 2.81. The van der Waals surface area contributed by atoms with Crippen LogP contribution in [-0.4, -0.2) is 35.4 Å². The zero-order chi connectivity index (χ0) is 19.2. The molecule has 0 radical (unpaired) electrons. The number of carbonyl (C=O) groups is 1. The predicted molar refractivity (Wildman–Crippen MR) is 113 cm³/mol. The highest BCUT2D eigenvalue weighted by Gasteiger charge is 2.22. The Labute approximate surface area is 166 Å². The summed E-state index contributed by atoms with van der Waals surface area (Å²) < 4.78 is 0. The van der Waals surface area contributed by atoms with Crippen molar-refractivity contribution in [1.29, 1.82) is 0 Å². The van der Waals surface area contributed by atoms with Gasteiger partial charge in [0.2, 0.25) is 0 Å². The third-order valence-corrected chi connectivity index (χ3v) is 5.62. The maximum absolute atomic E-state index is 13.0. The van der Waals surface area contributed by atoms with E-state index in [0.717, 1.165) is 24.0 Å². The summed E-state index contributed by atoms with van der Waals surface area (Å²) in [5, 5.41) is 4.10. The molecular weight excluding hydrogens is 346 g/mol. The summed E-state index contributed by atoms with van der Waals surface area (Å²) >= 11 is 0. The van der Waals surface area contributed by atoms with E-state index in [1.807, 2.05) is 30.3 Å². The summed E-state index contributed by atoms with van der Waals surface area (Å²) in [6, 6.07) is 20.4. The first-order valence-corrected chi connectivity index (χ1v) is 10.2. The van der Waals surface area contributed by atoms with Gasteiger partial charge in [0, 0.05) is 18.1 Å². The minimum Gasteiger partial charge on any atom is -0.350 e. The van der Waals surface area contributed by atoms with Gasteiger partial charge in [-0.1, -0.05) is 61.4 Å². The molecule has 4 nitrogen and oxygen atoms in total. The number of pyridine rings is 1. The Morgan fingerprint density at radius 2 is 1.64 bits per heavy atom. The maximum atomic E-state index is 13.0. The first-order chi connectivity index (χ1) is 13.8. The Morgan fingerprint density at radius 1 is 0.929 bits per heavy atom. The zero-order valence-corrected chi connectivity index (χ0v) is 16.2. The molecule has 1 saturated heterocycles. The lowest BCUT2D eigenvalue weighted by Gasteiger charge is -2.31. The fraction of sp³-hybridized carbons (Fsp3) is 0.333. The molecule has 1 aromatic heterocycles. The van der Waals surface area contributed by atoms with Crippen molar-refractivity contribution in [3.63, 3.8) is 0 Å². The van der Waals surface area contributed by atoms with Crippen molar-refractivity contribution in [2.45, 2.75) is 31.7 Å². The molecule has 1 aliphatic heterocycles. The molecule has 3 aromatic rings. The van der Waals surface area contributed by atoms with Gasteiger partial charge >= 0.3 is 0 Å². The fourth-order valence-electron chi connectivity index (χ4n) is 4.12. The van der Waals surface area contributed by atoms with Crippen molar-refractivity contribution in [2.24, 2.45) is 0 Å². The maximum Gasteiger partial charge on any atom is 0.252 e. The van der Waals surface area contributed by atoms with Crippen molar-refractivity contribution in [2.75, 3.05) is 19.6 Å². The van der Waals surface area contributed by atoms with E-state index in [0.29, 0.717) is 12.1 Å². The van der Waals surface area contributed by atoms with Crippen LogP contribution in [0.5, 0.6) is 0 Å². The van der Waals surface area contributed by atoms with E-state index < -0.39 is 0 Å². The van der Waals surface area contributed by atoms with Crippen LogP contribution in [0.4, 0.5) is 0 Å². The Kier molecular flexibility index (Phi) is 5.98. The van der Waals surface area contributed by atoms with Gasteiger partial charge in [0.05, 0.1) is 17.1 Å². The van der Waals surface area contributed by atoms with Crippen molar-refractivity contribution < 1.29 is 4.79 Å². The summed E-state index contributed by atoms with van der Waals surface area (Å²) in [6.07, 6.45) is 6.76. The van der Waals surface area contributed by atoms with Crippen LogP contribution in [0.15, 0.2) is 66.9 Å². The highest BCUT2D eigenvalue weighted by atomic mass is 16.1. The third kappa shape index (κ3) is 4.23. The van der Waals surface area contributed by atoms with Crippen molar-refractivity contribution in [1.82, 2.24) is 15.2 Å². The predicted octanol–water partition coefficient (Wildman–Crippen LogP) is 4.58. The van der Waals surface area contributed by atoms with E-state index in [4.69, 9.17) is 0 Å². The number of benzene rings is 2. The van der Waals surface area contributed by atoms with Crippen LogP contribution < -0.4 is 5.32 Å². The average Bonchev–Trinajstić information content (AvgIpc) is 3.04. The van der Waals surface area contributed by atoms with Gasteiger partial charge in [0.25, 0.3) is 5.91 Å². The third-order valence-electron chi connectivity index (χ3n) is 5.62. The summed E-state index contributed by atoms with van der Waals surface area (Å²) in [5.74, 6) is -0.0330. The Morgan fingerprint density at radius 3 is 2.43 bits per heavy atom. The molecule has 2 heterocycles. The minimum absolute atomic E-state index is 0.0330. The van der Waals surface area contributed by atoms with E-state index in [2.05, 4.69) is 39.5 Å². The number of para-hydroxylation sites is 1. The van der Waals surface area contributed by atoms with E-state index in [1.165, 1.54) is 31.2 Å². The number of nitrogens with zero attached hydrogens (tertiary/aromatic N) is 2. The number of carbonyl (C=O) groups excluding carboxylic acids is 1. The molecular formula is C24H27N3O. The lowest BCUT2D eigenvalue weighted by atomic mass is 10.0. The highest BCUT2D eigenvalue weighted by Crippen LogP contribution is 2.24. The minimum atomic E-state index is -0.0330. The van der Waals surface area contributed by atoms with Gasteiger partial charge in [-0.05, 0) is 43.6 Å². The first-order valence-electron chi connectivity index (χ1n) is 10.2. The molecule has 0 spiro atoms. The normalized spacial score (nSPS) is 16.4. The number of amides is 1. The number of rotatable bonds is 5. The van der Waals surface area contributed by atoms with Gasteiger partial charge in [-0.15, -0.1) is 0 Å². The number of hydrogen-bond acceptors (Lipinski definition) is 3. The van der Waals surface area contributed by atoms with Crippen LogP contribution in [0.1, 0.15) is 47.6 Å². The van der Waals surface area contributed by atoms with Crippen molar-refractivity contribution in [3.8, 4) is 0 Å². The Bertz CT molecular complexity index is 912. The van der Waals surface area contributed by atoms with E-state index >= 15 is 0 Å². The van der Waals surface area contributed by atoms with Crippen LogP contribution in [0.25, 0.3) is 10.9 Å². The van der Waals surface area contributed by atoms with Gasteiger partial charge in [0.15, 0.2) is 0 Å². The summed E-state index contributed by atoms with van der Waals surface area (Å²) in [6.45, 7) is 2.79. The van der Waals surface area contributed by atoms with E-state index in [9.17, 15) is 4.79 Å². The van der Waals surface area contributed by atoms with E-state index in [-0.39, 0.29) is 11.9 Å². The van der Waals surface area contributed by atoms with Gasteiger partial charge in [-0.25, -0.2) is 0 Å². The molecule has 2 aromatic carbocycles. The second-order valence-electron chi connectivity index (χ2n) is 7.46. The second kappa shape index (κ2) is 8.98. The average molecular weight is 374 g/mol. The number of nitrogens with one attached hydrogen (secondary N) is 1. The lowest BCUT2D eigenvalue weighted by molar-refractivity contribution is 0.0935. The van der Waals surface area contributed by atoms with Gasteiger partial charge in [-0.3, -0.25) is 14.7 Å². The molecule has 0 unspecified atom stereocenters. The largest absolute Gasteiger partial charge is 0.350 e. The number of fused-ring (bicyclic) bond motifs is 1. The number of aromatic nitrogens is 1. The molecule has 0 bridgehead atoms. The van der Waals surface area contributed by atoms with Crippen molar-refractivity contribution >= 4 is 16.8 Å². The first kappa shape index (κ1) is 18.6. The van der Waals surface area contributed by atoms with Gasteiger partial charge in [0.1, 0.15) is 0 Å². The highest BCUT2D eigenvalue weighted by molar-refractivity contribution is 6.05.